The topological polar surface area (TPSA) is 89.7 Å². The number of ether oxygens (including phenoxy) is 1. The van der Waals surface area contributed by atoms with Crippen LogP contribution in [0.25, 0.3) is 10.6 Å². The van der Waals surface area contributed by atoms with Crippen LogP contribution in [0.3, 0.4) is 0 Å². The monoisotopic (exact) mass is 426 g/mol. The van der Waals surface area contributed by atoms with Crippen molar-refractivity contribution in [2.24, 2.45) is 0 Å². The first kappa shape index (κ1) is 19.6. The molecule has 0 amide bonds. The number of hydrogen-bond donors (Lipinski definition) is 0. The molecule has 0 spiro atoms. The van der Waals surface area contributed by atoms with Gasteiger partial charge in [-0.3, -0.25) is 0 Å². The Morgan fingerprint density at radius 1 is 1.22 bits per heavy atom. The zero-order valence-corrected chi connectivity index (χ0v) is 16.8. The van der Waals surface area contributed by atoms with Crippen molar-refractivity contribution in [1.82, 2.24) is 9.29 Å². The minimum absolute atomic E-state index is 0.164. The fraction of sp³-hybridized carbons (Fsp3) is 0.176. The molecule has 10 heteroatoms. The summed E-state index contributed by atoms with van der Waals surface area (Å²) >= 11 is 7.17. The Hall–Kier alpha value is -2.20. The van der Waals surface area contributed by atoms with Gasteiger partial charge < -0.3 is 9.15 Å². The maximum absolute atomic E-state index is 12.2. The maximum atomic E-state index is 12.2. The number of hydrogen-bond acceptors (Lipinski definition) is 7. The predicted molar refractivity (Wildman–Crippen MR) is 101 cm³/mol. The standard InChI is InChI=1S/C17H15ClN2O5S2/c1-20(2)27(22,23)15-8-7-13(25-15)9-24-17(21)14-10-26-16(19-14)11-3-5-12(18)6-4-11/h3-8,10H,9H2,1-2H3. The summed E-state index contributed by atoms with van der Waals surface area (Å²) in [5.41, 5.74) is 1.01. The first-order valence-electron chi connectivity index (χ1n) is 7.67. The van der Waals surface area contributed by atoms with E-state index in [1.807, 2.05) is 12.1 Å². The van der Waals surface area contributed by atoms with Gasteiger partial charge in [0.2, 0.25) is 5.09 Å². The number of carbonyl (C=O) groups is 1. The van der Waals surface area contributed by atoms with Crippen molar-refractivity contribution in [2.45, 2.75) is 11.7 Å². The Balaban J connectivity index is 1.65. The van der Waals surface area contributed by atoms with E-state index in [2.05, 4.69) is 4.98 Å². The lowest BCUT2D eigenvalue weighted by Gasteiger charge is -2.07. The van der Waals surface area contributed by atoms with Crippen LogP contribution in [0.5, 0.6) is 0 Å². The van der Waals surface area contributed by atoms with Crippen LogP contribution in [-0.4, -0.2) is 37.8 Å². The zero-order valence-electron chi connectivity index (χ0n) is 14.4. The molecule has 27 heavy (non-hydrogen) atoms. The normalized spacial score (nSPS) is 11.7. The lowest BCUT2D eigenvalue weighted by Crippen LogP contribution is -2.21. The number of sulfonamides is 1. The van der Waals surface area contributed by atoms with E-state index in [0.717, 1.165) is 9.87 Å². The van der Waals surface area contributed by atoms with E-state index in [1.165, 1.54) is 37.6 Å². The van der Waals surface area contributed by atoms with Gasteiger partial charge in [-0.25, -0.2) is 22.5 Å². The summed E-state index contributed by atoms with van der Waals surface area (Å²) in [6, 6.07) is 9.88. The highest BCUT2D eigenvalue weighted by Crippen LogP contribution is 2.25. The number of carbonyl (C=O) groups excluding carboxylic acids is 1. The van der Waals surface area contributed by atoms with Gasteiger partial charge in [-0.15, -0.1) is 11.3 Å². The highest BCUT2D eigenvalue weighted by molar-refractivity contribution is 7.88. The van der Waals surface area contributed by atoms with Crippen LogP contribution in [0, 0.1) is 0 Å². The molecule has 7 nitrogen and oxygen atoms in total. The molecule has 3 aromatic rings. The van der Waals surface area contributed by atoms with E-state index in [1.54, 1.807) is 17.5 Å². The van der Waals surface area contributed by atoms with Crippen molar-refractivity contribution in [3.05, 3.63) is 58.3 Å². The molecule has 0 unspecified atom stereocenters. The summed E-state index contributed by atoms with van der Waals surface area (Å²) < 4.78 is 35.4. The Kier molecular flexibility index (Phi) is 5.66. The third kappa shape index (κ3) is 4.38. The molecule has 0 bridgehead atoms. The Bertz CT molecular complexity index is 1060. The Morgan fingerprint density at radius 2 is 1.93 bits per heavy atom. The van der Waals surface area contributed by atoms with Gasteiger partial charge in [0, 0.05) is 30.1 Å². The first-order chi connectivity index (χ1) is 12.8. The molecule has 0 atom stereocenters. The summed E-state index contributed by atoms with van der Waals surface area (Å²) in [4.78, 5) is 16.4. The maximum Gasteiger partial charge on any atom is 0.358 e. The van der Waals surface area contributed by atoms with Gasteiger partial charge in [-0.2, -0.15) is 0 Å². The number of rotatable bonds is 6. The molecule has 142 valence electrons. The van der Waals surface area contributed by atoms with Gasteiger partial charge in [-0.1, -0.05) is 23.7 Å². The van der Waals surface area contributed by atoms with Gasteiger partial charge in [0.25, 0.3) is 10.0 Å². The number of nitrogens with zero attached hydrogens (tertiary/aromatic N) is 2. The summed E-state index contributed by atoms with van der Waals surface area (Å²) in [5.74, 6) is -0.406. The Labute approximate surface area is 165 Å². The second-order valence-electron chi connectivity index (χ2n) is 5.63. The van der Waals surface area contributed by atoms with E-state index in [-0.39, 0.29) is 23.2 Å². The van der Waals surface area contributed by atoms with Gasteiger partial charge >= 0.3 is 5.97 Å². The van der Waals surface area contributed by atoms with E-state index < -0.39 is 16.0 Å². The molecular formula is C17H15ClN2O5S2. The highest BCUT2D eigenvalue weighted by Gasteiger charge is 2.22. The van der Waals surface area contributed by atoms with Gasteiger partial charge in [0.1, 0.15) is 17.4 Å². The number of thiazole rings is 1. The zero-order chi connectivity index (χ0) is 19.6. The SMILES string of the molecule is CN(C)S(=O)(=O)c1ccc(COC(=O)c2csc(-c3ccc(Cl)cc3)n2)o1. The fourth-order valence-electron chi connectivity index (χ4n) is 2.06. The molecule has 0 saturated heterocycles. The smallest absolute Gasteiger partial charge is 0.358 e. The molecule has 0 N–H and O–H groups in total. The van der Waals surface area contributed by atoms with Gasteiger partial charge in [-0.05, 0) is 24.3 Å². The van der Waals surface area contributed by atoms with Crippen LogP contribution >= 0.6 is 22.9 Å². The van der Waals surface area contributed by atoms with E-state index in [9.17, 15) is 13.2 Å². The predicted octanol–water partition coefficient (Wildman–Crippen LogP) is 3.66. The van der Waals surface area contributed by atoms with Crippen molar-refractivity contribution in [1.29, 1.82) is 0 Å². The quantitative estimate of drug-likeness (QED) is 0.559. The molecule has 0 radical (unpaired) electrons. The van der Waals surface area contributed by atoms with Crippen molar-refractivity contribution < 1.29 is 22.4 Å². The molecular weight excluding hydrogens is 412 g/mol. The molecule has 2 aromatic heterocycles. The molecule has 0 fully saturated rings. The van der Waals surface area contributed by atoms with E-state index >= 15 is 0 Å². The van der Waals surface area contributed by atoms with Crippen LogP contribution in [0.4, 0.5) is 0 Å². The highest BCUT2D eigenvalue weighted by atomic mass is 35.5. The molecule has 0 aliphatic rings. The van der Waals surface area contributed by atoms with Crippen LogP contribution in [0.1, 0.15) is 16.2 Å². The Morgan fingerprint density at radius 3 is 2.59 bits per heavy atom. The van der Waals surface area contributed by atoms with Crippen LogP contribution in [-0.2, 0) is 21.4 Å². The molecule has 0 saturated carbocycles. The average Bonchev–Trinajstić information content (AvgIpc) is 3.30. The number of aromatic nitrogens is 1. The number of benzene rings is 1. The van der Waals surface area contributed by atoms with Crippen LogP contribution in [0.2, 0.25) is 5.02 Å². The number of furan rings is 1. The number of esters is 1. The summed E-state index contributed by atoms with van der Waals surface area (Å²) in [7, 11) is -0.869. The lowest BCUT2D eigenvalue weighted by atomic mass is 10.2. The van der Waals surface area contributed by atoms with Gasteiger partial charge in [0.15, 0.2) is 5.69 Å². The second-order valence-corrected chi connectivity index (χ2v) is 9.01. The number of halogens is 1. The largest absolute Gasteiger partial charge is 0.453 e. The van der Waals surface area contributed by atoms with Crippen molar-refractivity contribution in [2.75, 3.05) is 14.1 Å². The van der Waals surface area contributed by atoms with Crippen molar-refractivity contribution >= 4 is 38.9 Å². The minimum Gasteiger partial charge on any atom is -0.453 e. The van der Waals surface area contributed by atoms with Crippen molar-refractivity contribution in [3.8, 4) is 10.6 Å². The second kappa shape index (κ2) is 7.81. The van der Waals surface area contributed by atoms with Crippen LogP contribution in [0.15, 0.2) is 51.3 Å². The molecule has 3 rings (SSSR count). The molecule has 0 aliphatic heterocycles. The minimum atomic E-state index is -3.67. The molecule has 1 aromatic carbocycles. The fourth-order valence-corrected chi connectivity index (χ4v) is 3.79. The van der Waals surface area contributed by atoms with Crippen LogP contribution < -0.4 is 0 Å². The average molecular weight is 427 g/mol. The van der Waals surface area contributed by atoms with Crippen molar-refractivity contribution in [3.63, 3.8) is 0 Å². The van der Waals surface area contributed by atoms with Gasteiger partial charge in [0.05, 0.1) is 0 Å². The third-order valence-electron chi connectivity index (χ3n) is 3.52. The van der Waals surface area contributed by atoms with E-state index in [0.29, 0.717) is 10.0 Å². The lowest BCUT2D eigenvalue weighted by molar-refractivity contribution is 0.0434. The summed E-state index contributed by atoms with van der Waals surface area (Å²) in [5, 5.41) is 2.66. The molecule has 2 heterocycles. The van der Waals surface area contributed by atoms with E-state index in [4.69, 9.17) is 20.8 Å². The third-order valence-corrected chi connectivity index (χ3v) is 6.35. The summed E-state index contributed by atoms with van der Waals surface area (Å²) in [6.45, 7) is -0.199. The summed E-state index contributed by atoms with van der Waals surface area (Å²) in [6.07, 6.45) is 0. The molecule has 0 aliphatic carbocycles. The first-order valence-corrected chi connectivity index (χ1v) is 10.4.